The molecule has 0 radical (unpaired) electrons. The third kappa shape index (κ3) is 4.92. The van der Waals surface area contributed by atoms with Crippen LogP contribution in [-0.4, -0.2) is 36.7 Å². The molecule has 1 aliphatic rings. The lowest BCUT2D eigenvalue weighted by atomic mass is 9.86. The van der Waals surface area contributed by atoms with Gasteiger partial charge in [-0.3, -0.25) is 4.79 Å². The molecule has 106 valence electrons. The van der Waals surface area contributed by atoms with Gasteiger partial charge in [-0.2, -0.15) is 11.8 Å². The second kappa shape index (κ2) is 6.94. The van der Waals surface area contributed by atoms with Gasteiger partial charge in [-0.05, 0) is 25.7 Å². The van der Waals surface area contributed by atoms with Crippen molar-refractivity contribution in [3.8, 4) is 0 Å². The summed E-state index contributed by atoms with van der Waals surface area (Å²) in [4.78, 5) is 12.1. The zero-order valence-electron chi connectivity index (χ0n) is 11.5. The molecular formula is C13H24O3S2. The molecule has 1 fully saturated rings. The van der Waals surface area contributed by atoms with Gasteiger partial charge in [0.2, 0.25) is 0 Å². The molecule has 0 saturated heterocycles. The first-order valence-electron chi connectivity index (χ1n) is 6.67. The summed E-state index contributed by atoms with van der Waals surface area (Å²) < 4.78 is 23.1. The van der Waals surface area contributed by atoms with E-state index in [0.29, 0.717) is 17.4 Å². The van der Waals surface area contributed by atoms with E-state index in [4.69, 9.17) is 0 Å². The minimum atomic E-state index is -2.99. The summed E-state index contributed by atoms with van der Waals surface area (Å²) in [7, 11) is -2.99. The van der Waals surface area contributed by atoms with Crippen molar-refractivity contribution in [2.45, 2.75) is 56.5 Å². The van der Waals surface area contributed by atoms with Gasteiger partial charge in [-0.25, -0.2) is 8.42 Å². The second-order valence-corrected chi connectivity index (χ2v) is 9.06. The van der Waals surface area contributed by atoms with E-state index in [9.17, 15) is 13.2 Å². The van der Waals surface area contributed by atoms with Crippen molar-refractivity contribution < 1.29 is 13.2 Å². The molecule has 1 aliphatic carbocycles. The highest BCUT2D eigenvalue weighted by molar-refractivity contribution is 8.00. The Morgan fingerprint density at radius 1 is 1.39 bits per heavy atom. The molecule has 0 aromatic carbocycles. The van der Waals surface area contributed by atoms with Gasteiger partial charge in [0, 0.05) is 17.4 Å². The highest BCUT2D eigenvalue weighted by Crippen LogP contribution is 2.30. The zero-order valence-corrected chi connectivity index (χ0v) is 13.1. The van der Waals surface area contributed by atoms with Gasteiger partial charge in [0.1, 0.15) is 15.6 Å². The average molecular weight is 292 g/mol. The highest BCUT2D eigenvalue weighted by Gasteiger charge is 2.32. The minimum Gasteiger partial charge on any atom is -0.298 e. The first-order valence-corrected chi connectivity index (χ1v) is 9.68. The van der Waals surface area contributed by atoms with Crippen LogP contribution < -0.4 is 0 Å². The topological polar surface area (TPSA) is 51.2 Å². The van der Waals surface area contributed by atoms with Gasteiger partial charge in [0.05, 0.1) is 11.0 Å². The lowest BCUT2D eigenvalue weighted by Gasteiger charge is -2.27. The summed E-state index contributed by atoms with van der Waals surface area (Å²) in [6.45, 7) is 4.24. The molecule has 5 heteroatoms. The monoisotopic (exact) mass is 292 g/mol. The van der Waals surface area contributed by atoms with Crippen LogP contribution in [0.1, 0.15) is 46.0 Å². The Labute approximate surface area is 115 Å². The number of rotatable bonds is 6. The van der Waals surface area contributed by atoms with E-state index in [1.807, 2.05) is 0 Å². The standard InChI is InChI=1S/C13H24O3S2/c1-4-10(2)17-9-13(14)11-6-5-7-12(8-11)18(3,15)16/h10-12H,4-9H2,1-3H3. The normalized spacial score (nSPS) is 26.8. The molecule has 0 N–H and O–H groups in total. The van der Waals surface area contributed by atoms with E-state index in [2.05, 4.69) is 13.8 Å². The number of sulfone groups is 1. The molecule has 0 aromatic rings. The Hall–Kier alpha value is -0.0300. The van der Waals surface area contributed by atoms with Crippen LogP contribution in [0.2, 0.25) is 0 Å². The van der Waals surface area contributed by atoms with Gasteiger partial charge in [0.25, 0.3) is 0 Å². The lowest BCUT2D eigenvalue weighted by Crippen LogP contribution is -2.32. The largest absolute Gasteiger partial charge is 0.298 e. The van der Waals surface area contributed by atoms with Crippen molar-refractivity contribution in [3.63, 3.8) is 0 Å². The van der Waals surface area contributed by atoms with Crippen LogP contribution >= 0.6 is 11.8 Å². The van der Waals surface area contributed by atoms with Crippen LogP contribution in [0.25, 0.3) is 0 Å². The molecule has 0 aliphatic heterocycles. The van der Waals surface area contributed by atoms with Gasteiger partial charge in [0.15, 0.2) is 0 Å². The smallest absolute Gasteiger partial charge is 0.150 e. The number of thioether (sulfide) groups is 1. The van der Waals surface area contributed by atoms with E-state index >= 15 is 0 Å². The van der Waals surface area contributed by atoms with E-state index in [-0.39, 0.29) is 17.0 Å². The number of carbonyl (C=O) groups is 1. The predicted molar refractivity (Wildman–Crippen MR) is 77.8 cm³/mol. The molecule has 0 bridgehead atoms. The molecule has 3 unspecified atom stereocenters. The Morgan fingerprint density at radius 3 is 2.61 bits per heavy atom. The van der Waals surface area contributed by atoms with Crippen LogP contribution in [0, 0.1) is 5.92 Å². The minimum absolute atomic E-state index is 0.0324. The van der Waals surface area contributed by atoms with Crippen LogP contribution in [0.3, 0.4) is 0 Å². The fourth-order valence-corrected chi connectivity index (χ4v) is 4.38. The average Bonchev–Trinajstić information content (AvgIpc) is 2.34. The molecule has 3 atom stereocenters. The first-order chi connectivity index (χ1) is 8.34. The zero-order chi connectivity index (χ0) is 13.8. The van der Waals surface area contributed by atoms with E-state index in [0.717, 1.165) is 25.7 Å². The van der Waals surface area contributed by atoms with Crippen LogP contribution in [0.5, 0.6) is 0 Å². The van der Waals surface area contributed by atoms with E-state index in [1.54, 1.807) is 11.8 Å². The molecule has 0 amide bonds. The molecule has 0 heterocycles. The summed E-state index contributed by atoms with van der Waals surface area (Å²) in [5, 5.41) is 0.206. The molecule has 1 saturated carbocycles. The number of hydrogen-bond acceptors (Lipinski definition) is 4. The Balaban J connectivity index is 2.49. The fourth-order valence-electron chi connectivity index (χ4n) is 2.29. The molecule has 18 heavy (non-hydrogen) atoms. The quantitative estimate of drug-likeness (QED) is 0.755. The maximum Gasteiger partial charge on any atom is 0.150 e. The first kappa shape index (κ1) is 16.0. The van der Waals surface area contributed by atoms with Gasteiger partial charge in [-0.15, -0.1) is 0 Å². The van der Waals surface area contributed by atoms with Crippen LogP contribution in [0.4, 0.5) is 0 Å². The summed E-state index contributed by atoms with van der Waals surface area (Å²) >= 11 is 1.69. The number of carbonyl (C=O) groups excluding carboxylic acids is 1. The molecular weight excluding hydrogens is 268 g/mol. The van der Waals surface area contributed by atoms with Crippen molar-refractivity contribution in [3.05, 3.63) is 0 Å². The summed E-state index contributed by atoms with van der Waals surface area (Å²) in [6.07, 6.45) is 5.35. The van der Waals surface area contributed by atoms with E-state index < -0.39 is 9.84 Å². The maximum absolute atomic E-state index is 12.1. The number of hydrogen-bond donors (Lipinski definition) is 0. The Bertz CT molecular complexity index is 376. The van der Waals surface area contributed by atoms with Crippen molar-refractivity contribution in [1.82, 2.24) is 0 Å². The number of ketones is 1. The fraction of sp³-hybridized carbons (Fsp3) is 0.923. The molecule has 1 rings (SSSR count). The van der Waals surface area contributed by atoms with Gasteiger partial charge in [-0.1, -0.05) is 20.3 Å². The SMILES string of the molecule is CCC(C)SCC(=O)C1CCCC(S(C)(=O)=O)C1. The molecule has 0 spiro atoms. The van der Waals surface area contributed by atoms with Crippen molar-refractivity contribution in [1.29, 1.82) is 0 Å². The summed E-state index contributed by atoms with van der Waals surface area (Å²) in [5.74, 6) is 0.750. The van der Waals surface area contributed by atoms with Gasteiger partial charge >= 0.3 is 0 Å². The van der Waals surface area contributed by atoms with Crippen molar-refractivity contribution in [2.75, 3.05) is 12.0 Å². The third-order valence-corrected chi connectivity index (χ3v) is 6.76. The third-order valence-electron chi connectivity index (χ3n) is 3.77. The summed E-state index contributed by atoms with van der Waals surface area (Å²) in [6, 6.07) is 0. The Morgan fingerprint density at radius 2 is 2.06 bits per heavy atom. The molecule has 0 aromatic heterocycles. The lowest BCUT2D eigenvalue weighted by molar-refractivity contribution is -0.121. The van der Waals surface area contributed by atoms with Gasteiger partial charge < -0.3 is 0 Å². The van der Waals surface area contributed by atoms with Crippen LogP contribution in [-0.2, 0) is 14.6 Å². The van der Waals surface area contributed by atoms with Crippen LogP contribution in [0.15, 0.2) is 0 Å². The predicted octanol–water partition coefficient (Wildman–Crippen LogP) is 2.69. The van der Waals surface area contributed by atoms with Crippen molar-refractivity contribution >= 4 is 27.4 Å². The Kier molecular flexibility index (Phi) is 6.18. The number of Topliss-reactive ketones (excluding diaryl/α,β-unsaturated/α-hetero) is 1. The second-order valence-electron chi connectivity index (χ2n) is 5.31. The highest BCUT2D eigenvalue weighted by atomic mass is 32.2. The maximum atomic E-state index is 12.1. The van der Waals surface area contributed by atoms with Crippen molar-refractivity contribution in [2.24, 2.45) is 5.92 Å². The molecule has 3 nitrogen and oxygen atoms in total. The summed E-state index contributed by atoms with van der Waals surface area (Å²) in [5.41, 5.74) is 0. The van der Waals surface area contributed by atoms with E-state index in [1.165, 1.54) is 6.26 Å².